The summed E-state index contributed by atoms with van der Waals surface area (Å²) >= 11 is 0. The second-order valence-corrected chi connectivity index (χ2v) is 12.5. The zero-order valence-corrected chi connectivity index (χ0v) is 24.4. The quantitative estimate of drug-likeness (QED) is 0.300. The van der Waals surface area contributed by atoms with Gasteiger partial charge < -0.3 is 30.1 Å². The first-order chi connectivity index (χ1) is 20.4. The van der Waals surface area contributed by atoms with Crippen LogP contribution in [0.4, 0.5) is 17.6 Å². The summed E-state index contributed by atoms with van der Waals surface area (Å²) in [6.07, 6.45) is -0.366. The van der Waals surface area contributed by atoms with Gasteiger partial charge in [0.2, 0.25) is 5.88 Å². The Morgan fingerprint density at radius 1 is 1.16 bits per heavy atom. The first kappa shape index (κ1) is 31.6. The topological polar surface area (TPSA) is 101 Å². The van der Waals surface area contributed by atoms with Gasteiger partial charge >= 0.3 is 6.18 Å². The van der Waals surface area contributed by atoms with E-state index in [1.807, 2.05) is 4.90 Å². The van der Waals surface area contributed by atoms with Gasteiger partial charge in [0.15, 0.2) is 0 Å². The number of β-amino-alcohol motifs (C(OH)–C–C–N with tert-alkyl or cyclic N) is 1. The Morgan fingerprint density at radius 2 is 1.88 bits per heavy atom. The van der Waals surface area contributed by atoms with Crippen LogP contribution >= 0.6 is 0 Å². The van der Waals surface area contributed by atoms with Gasteiger partial charge in [0.25, 0.3) is 5.91 Å². The van der Waals surface area contributed by atoms with E-state index in [2.05, 4.69) is 4.98 Å². The SMILES string of the molecule is C[C@@]1(COCN)C[C@@H](O)CN1C(=O)c1ccc(-c2ccc(OCC3CCN(CC4(C(F)(F)F)CCC4)CC3)nc2)cc1F. The fraction of sp³-hybridized carbons (Fsp3) is 0.613. The first-order valence-corrected chi connectivity index (χ1v) is 14.9. The number of rotatable bonds is 10. The summed E-state index contributed by atoms with van der Waals surface area (Å²) in [5, 5.41) is 10.2. The lowest BCUT2D eigenvalue weighted by molar-refractivity contribution is -0.256. The highest BCUT2D eigenvalue weighted by Crippen LogP contribution is 2.53. The molecule has 12 heteroatoms. The van der Waals surface area contributed by atoms with Crippen molar-refractivity contribution in [2.45, 2.75) is 63.3 Å². The zero-order valence-electron chi connectivity index (χ0n) is 24.4. The third kappa shape index (κ3) is 6.82. The lowest BCUT2D eigenvalue weighted by Gasteiger charge is -2.47. The van der Waals surface area contributed by atoms with Crippen LogP contribution in [0.25, 0.3) is 11.1 Å². The van der Waals surface area contributed by atoms with Gasteiger partial charge in [0.05, 0.1) is 42.6 Å². The highest BCUT2D eigenvalue weighted by atomic mass is 19.4. The van der Waals surface area contributed by atoms with Gasteiger partial charge in [0, 0.05) is 37.3 Å². The standard InChI is InChI=1S/C31H40F4N4O4/c1-29(19-42-20-36)14-24(40)16-39(29)28(41)25-5-3-22(13-26(25)32)23-4-6-27(37-15-23)43-17-21-7-11-38(12-8-21)18-30(9-2-10-30)31(33,34)35/h3-6,13,15,21,24,40H,2,7-12,14,16-20,36H2,1H3/t24-,29+/m1/s1. The van der Waals surface area contributed by atoms with E-state index in [-0.39, 0.29) is 50.8 Å². The van der Waals surface area contributed by atoms with Crippen molar-refractivity contribution in [1.82, 2.24) is 14.8 Å². The molecule has 2 aliphatic heterocycles. The number of alkyl halides is 3. The second-order valence-electron chi connectivity index (χ2n) is 12.5. The number of halogens is 4. The molecule has 0 radical (unpaired) electrons. The fourth-order valence-corrected chi connectivity index (χ4v) is 6.58. The molecule has 8 nitrogen and oxygen atoms in total. The van der Waals surface area contributed by atoms with Crippen LogP contribution in [0.5, 0.6) is 5.88 Å². The lowest BCUT2D eigenvalue weighted by atomic mass is 9.67. The Kier molecular flexibility index (Phi) is 9.31. The summed E-state index contributed by atoms with van der Waals surface area (Å²) in [5.74, 6) is -0.563. The number of aliphatic hydroxyl groups excluding tert-OH is 1. The Hall–Kier alpha value is -2.80. The number of nitrogens with two attached hydrogens (primary N) is 1. The number of aromatic nitrogens is 1. The van der Waals surface area contributed by atoms with Gasteiger partial charge in [-0.25, -0.2) is 9.37 Å². The van der Waals surface area contributed by atoms with Crippen molar-refractivity contribution in [3.63, 3.8) is 0 Å². The average Bonchev–Trinajstić information content (AvgIpc) is 3.26. The van der Waals surface area contributed by atoms with Crippen LogP contribution < -0.4 is 10.5 Å². The molecule has 2 atom stereocenters. The van der Waals surface area contributed by atoms with Gasteiger partial charge in [-0.15, -0.1) is 0 Å². The molecule has 0 unspecified atom stereocenters. The van der Waals surface area contributed by atoms with Crippen molar-refractivity contribution in [2.24, 2.45) is 17.1 Å². The molecule has 3 aliphatic rings. The van der Waals surface area contributed by atoms with E-state index in [0.717, 1.165) is 12.8 Å². The summed E-state index contributed by atoms with van der Waals surface area (Å²) in [6.45, 7) is 3.74. The van der Waals surface area contributed by atoms with Crippen molar-refractivity contribution in [2.75, 3.05) is 46.1 Å². The number of carbonyl (C=O) groups excluding carboxylic acids is 1. The smallest absolute Gasteiger partial charge is 0.395 e. The Bertz CT molecular complexity index is 1270. The second kappa shape index (κ2) is 12.7. The van der Waals surface area contributed by atoms with Gasteiger partial charge in [-0.1, -0.05) is 12.5 Å². The molecule has 3 heterocycles. The van der Waals surface area contributed by atoms with Gasteiger partial charge in [0.1, 0.15) is 5.82 Å². The molecule has 2 aromatic rings. The number of likely N-dealkylation sites (tertiary alicyclic amines) is 2. The summed E-state index contributed by atoms with van der Waals surface area (Å²) < 4.78 is 67.0. The largest absolute Gasteiger partial charge is 0.477 e. The molecule has 2 saturated heterocycles. The van der Waals surface area contributed by atoms with Crippen LogP contribution in [0, 0.1) is 17.2 Å². The van der Waals surface area contributed by atoms with E-state index in [1.54, 1.807) is 31.3 Å². The maximum Gasteiger partial charge on any atom is 0.395 e. The monoisotopic (exact) mass is 608 g/mol. The number of ether oxygens (including phenoxy) is 2. The zero-order chi connectivity index (χ0) is 30.8. The number of benzene rings is 1. The number of hydrogen-bond donors (Lipinski definition) is 2. The van der Waals surface area contributed by atoms with Crippen molar-refractivity contribution in [3.8, 4) is 17.0 Å². The van der Waals surface area contributed by atoms with Crippen molar-refractivity contribution < 1.29 is 36.9 Å². The van der Waals surface area contributed by atoms with Crippen LogP contribution in [0.15, 0.2) is 36.5 Å². The molecule has 5 rings (SSSR count). The normalized spacial score (nSPS) is 24.6. The van der Waals surface area contributed by atoms with Crippen molar-refractivity contribution in [3.05, 3.63) is 47.9 Å². The minimum Gasteiger partial charge on any atom is -0.477 e. The third-order valence-corrected chi connectivity index (χ3v) is 9.38. The van der Waals surface area contributed by atoms with Crippen LogP contribution in [0.3, 0.4) is 0 Å². The molecule has 1 aliphatic carbocycles. The van der Waals surface area contributed by atoms with Crippen molar-refractivity contribution >= 4 is 5.91 Å². The Morgan fingerprint density at radius 3 is 2.47 bits per heavy atom. The van der Waals surface area contributed by atoms with Crippen LogP contribution in [-0.4, -0.2) is 89.7 Å². The van der Waals surface area contributed by atoms with E-state index in [0.29, 0.717) is 49.5 Å². The summed E-state index contributed by atoms with van der Waals surface area (Å²) in [7, 11) is 0. The van der Waals surface area contributed by atoms with Gasteiger partial charge in [-0.2, -0.15) is 13.2 Å². The highest BCUT2D eigenvalue weighted by Gasteiger charge is 2.58. The molecule has 43 heavy (non-hydrogen) atoms. The molecule has 1 aromatic carbocycles. The molecule has 3 N–H and O–H groups in total. The van der Waals surface area contributed by atoms with Gasteiger partial charge in [-0.05, 0) is 75.4 Å². The third-order valence-electron chi connectivity index (χ3n) is 9.38. The summed E-state index contributed by atoms with van der Waals surface area (Å²) in [5.41, 5.74) is 4.19. The first-order valence-electron chi connectivity index (χ1n) is 14.9. The Balaban J connectivity index is 1.13. The minimum absolute atomic E-state index is 0.0250. The number of amides is 1. The molecule has 1 aromatic heterocycles. The van der Waals surface area contributed by atoms with Crippen LogP contribution in [0.2, 0.25) is 0 Å². The van der Waals surface area contributed by atoms with Gasteiger partial charge in [-0.3, -0.25) is 4.79 Å². The summed E-state index contributed by atoms with van der Waals surface area (Å²) in [4.78, 5) is 21.0. The average molecular weight is 609 g/mol. The molecular weight excluding hydrogens is 568 g/mol. The maximum atomic E-state index is 15.2. The van der Waals surface area contributed by atoms with E-state index in [1.165, 1.54) is 17.0 Å². The number of hydrogen-bond acceptors (Lipinski definition) is 7. The van der Waals surface area contributed by atoms with E-state index in [4.69, 9.17) is 15.2 Å². The van der Waals surface area contributed by atoms with E-state index >= 15 is 4.39 Å². The number of pyridine rings is 1. The number of piperidine rings is 1. The predicted molar refractivity (Wildman–Crippen MR) is 152 cm³/mol. The van der Waals surface area contributed by atoms with E-state index in [9.17, 15) is 23.1 Å². The molecule has 236 valence electrons. The van der Waals surface area contributed by atoms with Crippen LogP contribution in [-0.2, 0) is 4.74 Å². The molecule has 0 bridgehead atoms. The molecule has 1 saturated carbocycles. The predicted octanol–water partition coefficient (Wildman–Crippen LogP) is 4.61. The molecule has 1 amide bonds. The van der Waals surface area contributed by atoms with Crippen molar-refractivity contribution in [1.29, 1.82) is 0 Å². The lowest BCUT2D eigenvalue weighted by Crippen LogP contribution is -2.53. The van der Waals surface area contributed by atoms with Crippen LogP contribution in [0.1, 0.15) is 55.8 Å². The number of aliphatic hydroxyl groups is 1. The van der Waals surface area contributed by atoms with E-state index < -0.39 is 35.0 Å². The molecule has 0 spiro atoms. The fourth-order valence-electron chi connectivity index (χ4n) is 6.58. The summed E-state index contributed by atoms with van der Waals surface area (Å²) in [6, 6.07) is 7.81. The maximum absolute atomic E-state index is 15.2. The minimum atomic E-state index is -4.14. The number of carbonyl (C=O) groups is 1. The highest BCUT2D eigenvalue weighted by molar-refractivity contribution is 5.95. The Labute approximate surface area is 249 Å². The number of nitrogens with zero attached hydrogens (tertiary/aromatic N) is 3. The molecule has 3 fully saturated rings. The molecular formula is C31H40F4N4O4.